The first-order chi connectivity index (χ1) is 13.8. The number of carbonyl (C=O) groups is 1. The zero-order valence-corrected chi connectivity index (χ0v) is 16.9. The summed E-state index contributed by atoms with van der Waals surface area (Å²) in [6.45, 7) is 4.82. The fourth-order valence-electron chi connectivity index (χ4n) is 3.69. The molecule has 7 nitrogen and oxygen atoms in total. The fourth-order valence-corrected chi connectivity index (χ4v) is 3.69. The summed E-state index contributed by atoms with van der Waals surface area (Å²) in [4.78, 5) is 16.9. The first kappa shape index (κ1) is 21.7. The lowest BCUT2D eigenvalue weighted by Crippen LogP contribution is -2.55. The molecule has 0 aliphatic carbocycles. The number of β-amino-alcohol motifs (C(OH)–C–C–N with tert-alkyl or cyclic N) is 1. The van der Waals surface area contributed by atoms with E-state index in [9.17, 15) is 18.7 Å². The Labute approximate surface area is 169 Å². The Balaban J connectivity index is 1.48. The van der Waals surface area contributed by atoms with E-state index in [1.54, 1.807) is 28.9 Å². The van der Waals surface area contributed by atoms with Gasteiger partial charge in [-0.25, -0.2) is 8.78 Å². The molecule has 162 valence electrons. The van der Waals surface area contributed by atoms with E-state index in [1.165, 1.54) is 7.11 Å². The van der Waals surface area contributed by atoms with E-state index in [1.807, 2.05) is 6.07 Å². The van der Waals surface area contributed by atoms with Gasteiger partial charge in [-0.3, -0.25) is 14.6 Å². The van der Waals surface area contributed by atoms with Gasteiger partial charge in [0.15, 0.2) is 11.5 Å². The number of nitrogens with zero attached hydrogens (tertiary/aromatic N) is 3. The number of amides is 1. The largest absolute Gasteiger partial charge is 0.493 e. The number of piperazine rings is 1. The predicted molar refractivity (Wildman–Crippen MR) is 103 cm³/mol. The van der Waals surface area contributed by atoms with E-state index in [-0.39, 0.29) is 25.6 Å². The van der Waals surface area contributed by atoms with Gasteiger partial charge in [-0.1, -0.05) is 6.07 Å². The summed E-state index contributed by atoms with van der Waals surface area (Å²) in [5, 5.41) is 10.3. The van der Waals surface area contributed by atoms with Crippen molar-refractivity contribution >= 4 is 5.91 Å². The molecule has 0 aromatic heterocycles. The van der Waals surface area contributed by atoms with Gasteiger partial charge in [0, 0.05) is 46.2 Å². The highest BCUT2D eigenvalue weighted by atomic mass is 19.3. The second kappa shape index (κ2) is 9.23. The fraction of sp³-hybridized carbons (Fsp3) is 0.650. The molecular formula is C20H29F2N3O4. The Kier molecular flexibility index (Phi) is 6.92. The maximum Gasteiger partial charge on any atom is 0.272 e. The number of hydrogen-bond donors (Lipinski definition) is 1. The molecule has 2 aliphatic heterocycles. The standard InChI is InChI=1S/C20H29F2N3O4/c1-15(26)25-7-5-23(6-8-25)11-17(27)12-29-19-9-16(3-4-18(19)28-2)10-24-13-20(21,22)14-24/h3-4,9,17,27H,5-8,10-14H2,1-2H3. The molecule has 1 aromatic rings. The van der Waals surface area contributed by atoms with Crippen LogP contribution in [0.4, 0.5) is 8.78 Å². The molecule has 2 aliphatic rings. The third kappa shape index (κ3) is 6.01. The summed E-state index contributed by atoms with van der Waals surface area (Å²) in [5.41, 5.74) is 0.853. The molecule has 1 amide bonds. The number of methoxy groups -OCH3 is 1. The summed E-state index contributed by atoms with van der Waals surface area (Å²) in [6.07, 6.45) is -0.693. The van der Waals surface area contributed by atoms with Gasteiger partial charge in [0.2, 0.25) is 5.91 Å². The minimum absolute atomic E-state index is 0.0717. The monoisotopic (exact) mass is 413 g/mol. The average Bonchev–Trinajstić information content (AvgIpc) is 2.65. The van der Waals surface area contributed by atoms with Crippen LogP contribution < -0.4 is 9.47 Å². The summed E-state index contributed by atoms with van der Waals surface area (Å²) in [5.74, 6) is -1.50. The van der Waals surface area contributed by atoms with Crippen LogP contribution in [0.15, 0.2) is 18.2 Å². The van der Waals surface area contributed by atoms with E-state index in [2.05, 4.69) is 4.90 Å². The van der Waals surface area contributed by atoms with Gasteiger partial charge >= 0.3 is 0 Å². The van der Waals surface area contributed by atoms with Crippen LogP contribution in [0.1, 0.15) is 12.5 Å². The number of likely N-dealkylation sites (tertiary alicyclic amines) is 1. The molecule has 2 heterocycles. The van der Waals surface area contributed by atoms with Crippen LogP contribution >= 0.6 is 0 Å². The highest BCUT2D eigenvalue weighted by Gasteiger charge is 2.43. The van der Waals surface area contributed by atoms with Crippen LogP contribution in [0, 0.1) is 0 Å². The Morgan fingerprint density at radius 1 is 1.17 bits per heavy atom. The third-order valence-corrected chi connectivity index (χ3v) is 5.26. The zero-order valence-electron chi connectivity index (χ0n) is 16.9. The van der Waals surface area contributed by atoms with Crippen LogP contribution in [0.5, 0.6) is 11.5 Å². The Hall–Kier alpha value is -1.97. The van der Waals surface area contributed by atoms with Gasteiger partial charge < -0.3 is 19.5 Å². The molecule has 2 fully saturated rings. The molecule has 9 heteroatoms. The van der Waals surface area contributed by atoms with Crippen LogP contribution in [-0.2, 0) is 11.3 Å². The SMILES string of the molecule is COc1ccc(CN2CC(F)(F)C2)cc1OCC(O)CN1CCN(C(C)=O)CC1. The van der Waals surface area contributed by atoms with Gasteiger partial charge in [-0.2, -0.15) is 0 Å². The number of hydrogen-bond acceptors (Lipinski definition) is 6. The Morgan fingerprint density at radius 3 is 2.45 bits per heavy atom. The quantitative estimate of drug-likeness (QED) is 0.687. The highest BCUT2D eigenvalue weighted by Crippen LogP contribution is 2.32. The number of benzene rings is 1. The summed E-state index contributed by atoms with van der Waals surface area (Å²) < 4.78 is 37.1. The van der Waals surface area contributed by atoms with Crippen molar-refractivity contribution in [2.24, 2.45) is 0 Å². The van der Waals surface area contributed by atoms with Crippen LogP contribution in [0.3, 0.4) is 0 Å². The van der Waals surface area contributed by atoms with E-state index >= 15 is 0 Å². The summed E-state index contributed by atoms with van der Waals surface area (Å²) in [7, 11) is 1.53. The molecule has 1 N–H and O–H groups in total. The minimum atomic E-state index is -2.59. The molecule has 29 heavy (non-hydrogen) atoms. The zero-order chi connectivity index (χ0) is 21.0. The third-order valence-electron chi connectivity index (χ3n) is 5.26. The van der Waals surface area contributed by atoms with Gasteiger partial charge in [0.05, 0.1) is 20.2 Å². The maximum absolute atomic E-state index is 13.0. The number of ether oxygens (including phenoxy) is 2. The minimum Gasteiger partial charge on any atom is -0.493 e. The van der Waals surface area contributed by atoms with Gasteiger partial charge in [0.1, 0.15) is 12.7 Å². The molecule has 0 radical (unpaired) electrons. The Morgan fingerprint density at radius 2 is 1.86 bits per heavy atom. The normalized spacial score (nSPS) is 20.8. The number of carbonyl (C=O) groups excluding carboxylic acids is 1. The van der Waals surface area contributed by atoms with Crippen molar-refractivity contribution in [3.8, 4) is 11.5 Å². The second-order valence-corrected chi connectivity index (χ2v) is 7.76. The van der Waals surface area contributed by atoms with E-state index < -0.39 is 12.0 Å². The van der Waals surface area contributed by atoms with Crippen molar-refractivity contribution in [2.45, 2.75) is 25.5 Å². The molecule has 1 aromatic carbocycles. The van der Waals surface area contributed by atoms with Crippen molar-refractivity contribution < 1.29 is 28.2 Å². The van der Waals surface area contributed by atoms with E-state index in [0.29, 0.717) is 37.7 Å². The number of alkyl halides is 2. The van der Waals surface area contributed by atoms with Crippen molar-refractivity contribution in [3.05, 3.63) is 23.8 Å². The topological polar surface area (TPSA) is 65.5 Å². The number of rotatable bonds is 8. The molecule has 1 unspecified atom stereocenters. The number of aliphatic hydroxyl groups excluding tert-OH is 1. The lowest BCUT2D eigenvalue weighted by Gasteiger charge is -2.38. The summed E-state index contributed by atoms with van der Waals surface area (Å²) >= 11 is 0. The Bertz CT molecular complexity index is 703. The second-order valence-electron chi connectivity index (χ2n) is 7.76. The van der Waals surface area contributed by atoms with Gasteiger partial charge in [-0.15, -0.1) is 0 Å². The predicted octanol–water partition coefficient (Wildman–Crippen LogP) is 1.05. The number of halogens is 2. The average molecular weight is 413 g/mol. The van der Waals surface area contributed by atoms with Crippen molar-refractivity contribution in [1.29, 1.82) is 0 Å². The van der Waals surface area contributed by atoms with Crippen molar-refractivity contribution in [1.82, 2.24) is 14.7 Å². The smallest absolute Gasteiger partial charge is 0.272 e. The first-order valence-corrected chi connectivity index (χ1v) is 9.81. The van der Waals surface area contributed by atoms with Crippen molar-refractivity contribution in [3.63, 3.8) is 0 Å². The molecular weight excluding hydrogens is 384 g/mol. The van der Waals surface area contributed by atoms with E-state index in [4.69, 9.17) is 9.47 Å². The lowest BCUT2D eigenvalue weighted by molar-refractivity contribution is -0.134. The molecule has 0 saturated carbocycles. The van der Waals surface area contributed by atoms with Gasteiger partial charge in [0.25, 0.3) is 5.92 Å². The first-order valence-electron chi connectivity index (χ1n) is 9.81. The highest BCUT2D eigenvalue weighted by molar-refractivity contribution is 5.73. The summed E-state index contributed by atoms with van der Waals surface area (Å²) in [6, 6.07) is 5.34. The molecule has 0 spiro atoms. The van der Waals surface area contributed by atoms with E-state index in [0.717, 1.165) is 18.7 Å². The van der Waals surface area contributed by atoms with Gasteiger partial charge in [-0.05, 0) is 17.7 Å². The maximum atomic E-state index is 13.0. The van der Waals surface area contributed by atoms with Crippen LogP contribution in [0.2, 0.25) is 0 Å². The number of aliphatic hydroxyl groups is 1. The molecule has 0 bridgehead atoms. The van der Waals surface area contributed by atoms with Crippen molar-refractivity contribution in [2.75, 3.05) is 59.5 Å². The van der Waals surface area contributed by atoms with Crippen LogP contribution in [0.25, 0.3) is 0 Å². The molecule has 3 rings (SSSR count). The molecule has 1 atom stereocenters. The molecule has 2 saturated heterocycles. The van der Waals surface area contributed by atoms with Crippen LogP contribution in [-0.4, -0.2) is 97.3 Å². The lowest BCUT2D eigenvalue weighted by atomic mass is 10.1.